The van der Waals surface area contributed by atoms with Crippen molar-refractivity contribution in [1.82, 2.24) is 4.72 Å². The molecule has 21 heavy (non-hydrogen) atoms. The first kappa shape index (κ1) is 16.5. The lowest BCUT2D eigenvalue weighted by atomic mass is 10.0. The molecule has 0 bridgehead atoms. The molecule has 5 heteroatoms. The number of aliphatic hydroxyl groups is 1. The van der Waals surface area contributed by atoms with Crippen LogP contribution in [0.25, 0.3) is 0 Å². The highest BCUT2D eigenvalue weighted by Gasteiger charge is 2.27. The zero-order valence-electron chi connectivity index (χ0n) is 13.0. The van der Waals surface area contributed by atoms with Gasteiger partial charge in [0, 0.05) is 6.04 Å². The highest BCUT2D eigenvalue weighted by atomic mass is 32.2. The fourth-order valence-electron chi connectivity index (χ4n) is 3.20. The Balaban J connectivity index is 2.26. The van der Waals surface area contributed by atoms with Gasteiger partial charge in [0.05, 0.1) is 11.5 Å². The van der Waals surface area contributed by atoms with E-state index in [-0.39, 0.29) is 17.5 Å². The maximum Gasteiger partial charge on any atom is 0.241 e. The summed E-state index contributed by atoms with van der Waals surface area (Å²) in [7, 11) is -3.54. The second-order valence-electron chi connectivity index (χ2n) is 6.16. The Bertz CT molecular complexity index is 604. The second kappa shape index (κ2) is 6.46. The second-order valence-corrected chi connectivity index (χ2v) is 7.84. The number of rotatable bonds is 5. The van der Waals surface area contributed by atoms with Gasteiger partial charge in [-0.3, -0.25) is 0 Å². The molecule has 2 rings (SSSR count). The number of aliphatic hydroxyl groups excluding tert-OH is 1. The summed E-state index contributed by atoms with van der Waals surface area (Å²) in [5, 5.41) is 9.34. The third-order valence-electron chi connectivity index (χ3n) is 4.54. The molecule has 0 heterocycles. The average Bonchev–Trinajstić information content (AvgIpc) is 2.91. The lowest BCUT2D eigenvalue weighted by molar-refractivity contribution is 0.280. The summed E-state index contributed by atoms with van der Waals surface area (Å²) in [4.78, 5) is 0.280. The highest BCUT2D eigenvalue weighted by Crippen LogP contribution is 2.29. The summed E-state index contributed by atoms with van der Waals surface area (Å²) in [6, 6.07) is 3.37. The molecule has 1 unspecified atom stereocenters. The lowest BCUT2D eigenvalue weighted by Gasteiger charge is -2.21. The van der Waals surface area contributed by atoms with Gasteiger partial charge in [-0.1, -0.05) is 18.9 Å². The minimum atomic E-state index is -3.54. The van der Waals surface area contributed by atoms with Crippen molar-refractivity contribution in [3.8, 4) is 0 Å². The van der Waals surface area contributed by atoms with E-state index < -0.39 is 10.0 Å². The number of sulfonamides is 1. The van der Waals surface area contributed by atoms with Gasteiger partial charge >= 0.3 is 0 Å². The molecule has 1 fully saturated rings. The SMILES string of the molecule is Cc1cc(C)c(S(=O)(=O)NC(C)C2CCCC2)cc1CO. The Hall–Kier alpha value is -0.910. The van der Waals surface area contributed by atoms with Crippen molar-refractivity contribution in [3.63, 3.8) is 0 Å². The fourth-order valence-corrected chi connectivity index (χ4v) is 4.79. The summed E-state index contributed by atoms with van der Waals surface area (Å²) in [5.74, 6) is 0.433. The summed E-state index contributed by atoms with van der Waals surface area (Å²) >= 11 is 0. The zero-order chi connectivity index (χ0) is 15.6. The smallest absolute Gasteiger partial charge is 0.241 e. The average molecular weight is 311 g/mol. The van der Waals surface area contributed by atoms with Crippen molar-refractivity contribution in [1.29, 1.82) is 0 Å². The molecule has 1 aromatic rings. The summed E-state index contributed by atoms with van der Waals surface area (Å²) in [6.45, 7) is 5.48. The van der Waals surface area contributed by atoms with Crippen LogP contribution in [0.2, 0.25) is 0 Å². The van der Waals surface area contributed by atoms with Crippen LogP contribution in [-0.4, -0.2) is 19.6 Å². The topological polar surface area (TPSA) is 66.4 Å². The van der Waals surface area contributed by atoms with Gasteiger partial charge in [0.2, 0.25) is 10.0 Å². The van der Waals surface area contributed by atoms with Crippen LogP contribution in [0.15, 0.2) is 17.0 Å². The van der Waals surface area contributed by atoms with Crippen molar-refractivity contribution in [2.24, 2.45) is 5.92 Å². The van der Waals surface area contributed by atoms with Crippen LogP contribution in [0.4, 0.5) is 0 Å². The van der Waals surface area contributed by atoms with Crippen molar-refractivity contribution in [3.05, 3.63) is 28.8 Å². The molecule has 118 valence electrons. The Labute approximate surface area is 127 Å². The van der Waals surface area contributed by atoms with E-state index in [1.807, 2.05) is 19.9 Å². The molecular formula is C16H25NO3S. The predicted molar refractivity (Wildman–Crippen MR) is 83.6 cm³/mol. The Morgan fingerprint density at radius 2 is 1.86 bits per heavy atom. The van der Waals surface area contributed by atoms with Gasteiger partial charge in [0.15, 0.2) is 0 Å². The van der Waals surface area contributed by atoms with Gasteiger partial charge in [0.25, 0.3) is 0 Å². The van der Waals surface area contributed by atoms with E-state index in [1.54, 1.807) is 13.0 Å². The third kappa shape index (κ3) is 3.65. The quantitative estimate of drug-likeness (QED) is 0.878. The van der Waals surface area contributed by atoms with Gasteiger partial charge in [-0.15, -0.1) is 0 Å². The standard InChI is InChI=1S/C16H25NO3S/c1-11-8-12(2)16(9-15(11)10-18)21(19,20)17-13(3)14-6-4-5-7-14/h8-9,13-14,17-18H,4-7,10H2,1-3H3. The van der Waals surface area contributed by atoms with Crippen molar-refractivity contribution >= 4 is 10.0 Å². The Morgan fingerprint density at radius 3 is 2.43 bits per heavy atom. The highest BCUT2D eigenvalue weighted by molar-refractivity contribution is 7.89. The van der Waals surface area contributed by atoms with Gasteiger partial charge in [0.1, 0.15) is 0 Å². The van der Waals surface area contributed by atoms with Crippen molar-refractivity contribution in [2.75, 3.05) is 0 Å². The first-order valence-electron chi connectivity index (χ1n) is 7.58. The van der Waals surface area contributed by atoms with Gasteiger partial charge in [-0.25, -0.2) is 13.1 Å². The predicted octanol–water partition coefficient (Wildman–Crippen LogP) is 2.65. The molecule has 1 aliphatic rings. The zero-order valence-corrected chi connectivity index (χ0v) is 13.8. The fraction of sp³-hybridized carbons (Fsp3) is 0.625. The van der Waals surface area contributed by atoms with Gasteiger partial charge in [-0.2, -0.15) is 0 Å². The minimum Gasteiger partial charge on any atom is -0.392 e. The van der Waals surface area contributed by atoms with E-state index in [2.05, 4.69) is 4.72 Å². The summed E-state index contributed by atoms with van der Waals surface area (Å²) < 4.78 is 28.0. The molecular weight excluding hydrogens is 286 g/mol. The molecule has 0 spiro atoms. The largest absolute Gasteiger partial charge is 0.392 e. The van der Waals surface area contributed by atoms with E-state index >= 15 is 0 Å². The Morgan fingerprint density at radius 1 is 1.24 bits per heavy atom. The molecule has 1 aliphatic carbocycles. The Kier molecular flexibility index (Phi) is 5.07. The van der Waals surface area contributed by atoms with E-state index in [1.165, 1.54) is 12.8 Å². The number of nitrogens with one attached hydrogen (secondary N) is 1. The van der Waals surface area contributed by atoms with E-state index in [0.29, 0.717) is 11.5 Å². The third-order valence-corrected chi connectivity index (χ3v) is 6.24. The molecule has 4 nitrogen and oxygen atoms in total. The maximum atomic E-state index is 12.6. The number of hydrogen-bond donors (Lipinski definition) is 2. The first-order valence-corrected chi connectivity index (χ1v) is 9.07. The van der Waals surface area contributed by atoms with Gasteiger partial charge in [-0.05, 0) is 62.3 Å². The van der Waals surface area contributed by atoms with E-state index in [0.717, 1.165) is 24.0 Å². The normalized spacial score (nSPS) is 18.1. The molecule has 0 aliphatic heterocycles. The van der Waals surface area contributed by atoms with Crippen LogP contribution in [0.5, 0.6) is 0 Å². The van der Waals surface area contributed by atoms with Crippen LogP contribution in [0, 0.1) is 19.8 Å². The maximum absolute atomic E-state index is 12.6. The van der Waals surface area contributed by atoms with Crippen LogP contribution in [-0.2, 0) is 16.6 Å². The molecule has 1 aromatic carbocycles. The molecule has 0 saturated heterocycles. The van der Waals surface area contributed by atoms with Crippen molar-refractivity contribution in [2.45, 2.75) is 64.0 Å². The van der Waals surface area contributed by atoms with Crippen LogP contribution in [0.3, 0.4) is 0 Å². The van der Waals surface area contributed by atoms with Crippen LogP contribution in [0.1, 0.15) is 49.3 Å². The molecule has 2 N–H and O–H groups in total. The molecule has 1 atom stereocenters. The molecule has 0 radical (unpaired) electrons. The van der Waals surface area contributed by atoms with Crippen LogP contribution < -0.4 is 4.72 Å². The first-order chi connectivity index (χ1) is 9.85. The summed E-state index contributed by atoms with van der Waals surface area (Å²) in [5.41, 5.74) is 2.29. The molecule has 1 saturated carbocycles. The monoisotopic (exact) mass is 311 g/mol. The van der Waals surface area contributed by atoms with Crippen LogP contribution >= 0.6 is 0 Å². The number of hydrogen-bond acceptors (Lipinski definition) is 3. The molecule has 0 aromatic heterocycles. The van der Waals surface area contributed by atoms with Crippen molar-refractivity contribution < 1.29 is 13.5 Å². The van der Waals surface area contributed by atoms with E-state index in [4.69, 9.17) is 0 Å². The lowest BCUT2D eigenvalue weighted by Crippen LogP contribution is -2.37. The van der Waals surface area contributed by atoms with Gasteiger partial charge < -0.3 is 5.11 Å². The number of aryl methyl sites for hydroxylation is 2. The minimum absolute atomic E-state index is 0.0456. The summed E-state index contributed by atoms with van der Waals surface area (Å²) in [6.07, 6.45) is 4.57. The molecule has 0 amide bonds. The van der Waals surface area contributed by atoms with E-state index in [9.17, 15) is 13.5 Å². The number of benzene rings is 1.